The highest BCUT2D eigenvalue weighted by atomic mass is 16.3. The molecule has 0 aliphatic carbocycles. The van der Waals surface area contributed by atoms with Gasteiger partial charge in [-0.3, -0.25) is 4.79 Å². The van der Waals surface area contributed by atoms with Crippen LogP contribution in [0.2, 0.25) is 0 Å². The second kappa shape index (κ2) is 4.92. The van der Waals surface area contributed by atoms with Gasteiger partial charge >= 0.3 is 0 Å². The van der Waals surface area contributed by atoms with Gasteiger partial charge in [0.05, 0.1) is 0 Å². The summed E-state index contributed by atoms with van der Waals surface area (Å²) in [6, 6.07) is 3.56. The molecular weight excluding hydrogens is 216 g/mol. The molecule has 1 amide bonds. The van der Waals surface area contributed by atoms with Gasteiger partial charge in [-0.2, -0.15) is 0 Å². The Hall–Kier alpha value is -1.29. The van der Waals surface area contributed by atoms with E-state index < -0.39 is 0 Å². The van der Waals surface area contributed by atoms with Crippen molar-refractivity contribution in [2.24, 2.45) is 17.6 Å². The Balaban J connectivity index is 2.05. The van der Waals surface area contributed by atoms with Crippen LogP contribution in [0, 0.1) is 18.8 Å². The van der Waals surface area contributed by atoms with Crippen LogP contribution in [0.5, 0.6) is 0 Å². The summed E-state index contributed by atoms with van der Waals surface area (Å²) in [5.74, 6) is 2.21. The molecule has 2 rings (SSSR count). The summed E-state index contributed by atoms with van der Waals surface area (Å²) in [7, 11) is 0. The van der Waals surface area contributed by atoms with Gasteiger partial charge in [0.2, 0.25) is 0 Å². The lowest BCUT2D eigenvalue weighted by Gasteiger charge is -2.36. The third-order valence-corrected chi connectivity index (χ3v) is 3.66. The SMILES string of the molecule is Cc1ccc(C(=O)N2CCC(C)C(CN)C2)o1. The van der Waals surface area contributed by atoms with Crippen LogP contribution in [-0.2, 0) is 0 Å². The molecule has 1 aliphatic heterocycles. The number of furan rings is 1. The molecular formula is C13H20N2O2. The highest BCUT2D eigenvalue weighted by Gasteiger charge is 2.29. The van der Waals surface area contributed by atoms with Crippen molar-refractivity contribution in [2.75, 3.05) is 19.6 Å². The Morgan fingerprint density at radius 1 is 1.59 bits per heavy atom. The first-order valence-electron chi connectivity index (χ1n) is 6.17. The molecule has 2 atom stereocenters. The van der Waals surface area contributed by atoms with E-state index in [9.17, 15) is 4.79 Å². The van der Waals surface area contributed by atoms with Gasteiger partial charge in [0, 0.05) is 13.1 Å². The Morgan fingerprint density at radius 2 is 2.35 bits per heavy atom. The lowest BCUT2D eigenvalue weighted by molar-refractivity contribution is 0.0586. The Bertz CT molecular complexity index is 400. The predicted molar refractivity (Wildman–Crippen MR) is 65.7 cm³/mol. The molecule has 2 N–H and O–H groups in total. The van der Waals surface area contributed by atoms with Crippen LogP contribution in [0.15, 0.2) is 16.5 Å². The normalized spacial score (nSPS) is 25.0. The van der Waals surface area contributed by atoms with Gasteiger partial charge in [-0.25, -0.2) is 0 Å². The van der Waals surface area contributed by atoms with Crippen LogP contribution in [0.25, 0.3) is 0 Å². The van der Waals surface area contributed by atoms with Crippen LogP contribution in [0.1, 0.15) is 29.7 Å². The third kappa shape index (κ3) is 2.52. The second-order valence-electron chi connectivity index (χ2n) is 4.92. The molecule has 1 aliphatic rings. The van der Waals surface area contributed by atoms with Crippen molar-refractivity contribution in [2.45, 2.75) is 20.3 Å². The lowest BCUT2D eigenvalue weighted by Crippen LogP contribution is -2.45. The average Bonchev–Trinajstić information content (AvgIpc) is 2.75. The number of piperidine rings is 1. The number of rotatable bonds is 2. The number of carbonyl (C=O) groups is 1. The molecule has 0 aromatic carbocycles. The first-order valence-corrected chi connectivity index (χ1v) is 6.17. The zero-order valence-corrected chi connectivity index (χ0v) is 10.5. The lowest BCUT2D eigenvalue weighted by atomic mass is 9.87. The summed E-state index contributed by atoms with van der Waals surface area (Å²) >= 11 is 0. The fourth-order valence-electron chi connectivity index (χ4n) is 2.35. The van der Waals surface area contributed by atoms with Crippen LogP contribution in [0.3, 0.4) is 0 Å². The van der Waals surface area contributed by atoms with Crippen molar-refractivity contribution in [1.82, 2.24) is 4.90 Å². The molecule has 1 saturated heterocycles. The van der Waals surface area contributed by atoms with Gasteiger partial charge in [-0.1, -0.05) is 6.92 Å². The summed E-state index contributed by atoms with van der Waals surface area (Å²) in [6.45, 7) is 6.24. The van der Waals surface area contributed by atoms with E-state index in [-0.39, 0.29) is 5.91 Å². The van der Waals surface area contributed by atoms with Gasteiger partial charge in [0.1, 0.15) is 5.76 Å². The van der Waals surface area contributed by atoms with E-state index >= 15 is 0 Å². The molecule has 2 heterocycles. The number of likely N-dealkylation sites (tertiary alicyclic amines) is 1. The van der Waals surface area contributed by atoms with Gasteiger partial charge in [-0.15, -0.1) is 0 Å². The number of aryl methyl sites for hydroxylation is 1. The maximum Gasteiger partial charge on any atom is 0.289 e. The summed E-state index contributed by atoms with van der Waals surface area (Å²) < 4.78 is 5.37. The number of carbonyl (C=O) groups excluding carboxylic acids is 1. The summed E-state index contributed by atoms with van der Waals surface area (Å²) in [4.78, 5) is 14.0. The topological polar surface area (TPSA) is 59.5 Å². The summed E-state index contributed by atoms with van der Waals surface area (Å²) in [6.07, 6.45) is 1.02. The van der Waals surface area contributed by atoms with E-state index in [0.717, 1.165) is 25.3 Å². The van der Waals surface area contributed by atoms with Gasteiger partial charge < -0.3 is 15.1 Å². The third-order valence-electron chi connectivity index (χ3n) is 3.66. The van der Waals surface area contributed by atoms with Crippen LogP contribution < -0.4 is 5.73 Å². The number of hydrogen-bond acceptors (Lipinski definition) is 3. The molecule has 1 fully saturated rings. The van der Waals surface area contributed by atoms with Crippen molar-refractivity contribution in [3.63, 3.8) is 0 Å². The highest BCUT2D eigenvalue weighted by Crippen LogP contribution is 2.23. The molecule has 4 heteroatoms. The fourth-order valence-corrected chi connectivity index (χ4v) is 2.35. The van der Waals surface area contributed by atoms with E-state index in [0.29, 0.717) is 24.1 Å². The summed E-state index contributed by atoms with van der Waals surface area (Å²) in [5.41, 5.74) is 5.74. The monoisotopic (exact) mass is 236 g/mol. The largest absolute Gasteiger partial charge is 0.456 e. The molecule has 1 aromatic heterocycles. The number of hydrogen-bond donors (Lipinski definition) is 1. The van der Waals surface area contributed by atoms with Crippen molar-refractivity contribution >= 4 is 5.91 Å². The molecule has 0 bridgehead atoms. The van der Waals surface area contributed by atoms with Crippen molar-refractivity contribution in [1.29, 1.82) is 0 Å². The van der Waals surface area contributed by atoms with Crippen LogP contribution in [-0.4, -0.2) is 30.4 Å². The van der Waals surface area contributed by atoms with E-state index in [1.54, 1.807) is 6.07 Å². The highest BCUT2D eigenvalue weighted by molar-refractivity contribution is 5.91. The van der Waals surface area contributed by atoms with E-state index in [1.165, 1.54) is 0 Å². The van der Waals surface area contributed by atoms with Crippen LogP contribution in [0.4, 0.5) is 0 Å². The minimum Gasteiger partial charge on any atom is -0.456 e. The number of nitrogens with zero attached hydrogens (tertiary/aromatic N) is 1. The summed E-state index contributed by atoms with van der Waals surface area (Å²) in [5, 5.41) is 0. The maximum atomic E-state index is 12.2. The van der Waals surface area contributed by atoms with Gasteiger partial charge in [0.15, 0.2) is 5.76 Å². The van der Waals surface area contributed by atoms with Crippen molar-refractivity contribution in [3.05, 3.63) is 23.7 Å². The Kier molecular flexibility index (Phi) is 3.52. The molecule has 94 valence electrons. The average molecular weight is 236 g/mol. The maximum absolute atomic E-state index is 12.2. The van der Waals surface area contributed by atoms with Gasteiger partial charge in [-0.05, 0) is 43.9 Å². The smallest absolute Gasteiger partial charge is 0.289 e. The number of nitrogens with two attached hydrogens (primary N) is 1. The standard InChI is InChI=1S/C13H20N2O2/c1-9-5-6-15(8-11(9)7-14)13(16)12-4-3-10(2)17-12/h3-4,9,11H,5-8,14H2,1-2H3. The van der Waals surface area contributed by atoms with Crippen molar-refractivity contribution in [3.8, 4) is 0 Å². The molecule has 17 heavy (non-hydrogen) atoms. The molecule has 1 aromatic rings. The van der Waals surface area contributed by atoms with Crippen molar-refractivity contribution < 1.29 is 9.21 Å². The minimum absolute atomic E-state index is 0.0107. The zero-order valence-electron chi connectivity index (χ0n) is 10.5. The van der Waals surface area contributed by atoms with E-state index in [2.05, 4.69) is 6.92 Å². The number of amides is 1. The quantitative estimate of drug-likeness (QED) is 0.849. The van der Waals surface area contributed by atoms with E-state index in [1.807, 2.05) is 17.9 Å². The first kappa shape index (κ1) is 12.2. The fraction of sp³-hybridized carbons (Fsp3) is 0.615. The molecule has 0 saturated carbocycles. The first-order chi connectivity index (χ1) is 8.11. The second-order valence-corrected chi connectivity index (χ2v) is 4.92. The van der Waals surface area contributed by atoms with Gasteiger partial charge in [0.25, 0.3) is 5.91 Å². The Morgan fingerprint density at radius 3 is 2.94 bits per heavy atom. The molecule has 2 unspecified atom stereocenters. The predicted octanol–water partition coefficient (Wildman–Crippen LogP) is 1.64. The van der Waals surface area contributed by atoms with E-state index in [4.69, 9.17) is 10.2 Å². The van der Waals surface area contributed by atoms with Crippen LogP contribution >= 0.6 is 0 Å². The molecule has 0 radical (unpaired) electrons. The Labute approximate surface area is 102 Å². The zero-order chi connectivity index (χ0) is 12.4. The molecule has 4 nitrogen and oxygen atoms in total. The molecule has 0 spiro atoms. The minimum atomic E-state index is -0.0107.